The highest BCUT2D eigenvalue weighted by Gasteiger charge is 2.11. The second-order valence-corrected chi connectivity index (χ2v) is 6.40. The van der Waals surface area contributed by atoms with Gasteiger partial charge in [0, 0.05) is 0 Å². The van der Waals surface area contributed by atoms with Gasteiger partial charge in [0.1, 0.15) is 11.5 Å². The number of rotatable bonds is 9. The van der Waals surface area contributed by atoms with E-state index in [1.54, 1.807) is 12.1 Å². The van der Waals surface area contributed by atoms with E-state index in [1.807, 2.05) is 63.2 Å². The van der Waals surface area contributed by atoms with Gasteiger partial charge in [-0.05, 0) is 50.6 Å². The lowest BCUT2D eigenvalue weighted by Crippen LogP contribution is -2.39. The van der Waals surface area contributed by atoms with Crippen LogP contribution in [-0.4, -0.2) is 31.1 Å². The quantitative estimate of drug-likeness (QED) is 0.712. The molecule has 0 bridgehead atoms. The van der Waals surface area contributed by atoms with Crippen molar-refractivity contribution in [2.75, 3.05) is 13.2 Å². The lowest BCUT2D eigenvalue weighted by molar-refractivity contribution is -0.127. The monoisotopic (exact) mass is 370 g/mol. The molecule has 0 aliphatic heterocycles. The van der Waals surface area contributed by atoms with E-state index in [2.05, 4.69) is 10.6 Å². The number of carbonyl (C=O) groups excluding carboxylic acids is 2. The number of amides is 2. The van der Waals surface area contributed by atoms with Gasteiger partial charge in [-0.2, -0.15) is 0 Å². The van der Waals surface area contributed by atoms with Crippen LogP contribution >= 0.6 is 0 Å². The zero-order chi connectivity index (χ0) is 19.6. The smallest absolute Gasteiger partial charge is 0.258 e. The maximum Gasteiger partial charge on any atom is 0.258 e. The topological polar surface area (TPSA) is 76.7 Å². The Kier molecular flexibility index (Phi) is 7.67. The first kappa shape index (κ1) is 20.3. The van der Waals surface area contributed by atoms with E-state index < -0.39 is 0 Å². The number of benzene rings is 2. The van der Waals surface area contributed by atoms with Crippen LogP contribution in [0.4, 0.5) is 0 Å². The van der Waals surface area contributed by atoms with E-state index in [1.165, 1.54) is 0 Å². The van der Waals surface area contributed by atoms with Gasteiger partial charge in [0.25, 0.3) is 5.91 Å². The first-order chi connectivity index (χ1) is 12.9. The van der Waals surface area contributed by atoms with Crippen LogP contribution in [-0.2, 0) is 9.59 Å². The van der Waals surface area contributed by atoms with Gasteiger partial charge in [0.05, 0.1) is 18.7 Å². The van der Waals surface area contributed by atoms with Crippen molar-refractivity contribution in [3.05, 3.63) is 60.2 Å². The molecule has 1 unspecified atom stereocenters. The molecule has 2 rings (SSSR count). The number of hydrogen-bond donors (Lipinski definition) is 2. The third kappa shape index (κ3) is 7.40. The van der Waals surface area contributed by atoms with E-state index in [0.717, 1.165) is 11.3 Å². The van der Waals surface area contributed by atoms with Gasteiger partial charge in [-0.3, -0.25) is 9.59 Å². The van der Waals surface area contributed by atoms with Gasteiger partial charge < -0.3 is 20.1 Å². The van der Waals surface area contributed by atoms with E-state index in [-0.39, 0.29) is 37.1 Å². The lowest BCUT2D eigenvalue weighted by Gasteiger charge is -2.16. The van der Waals surface area contributed by atoms with Crippen molar-refractivity contribution in [3.8, 4) is 11.5 Å². The summed E-state index contributed by atoms with van der Waals surface area (Å²) in [5.41, 5.74) is 0.957. The molecule has 0 fully saturated rings. The highest BCUT2D eigenvalue weighted by atomic mass is 16.5. The third-order valence-corrected chi connectivity index (χ3v) is 3.69. The lowest BCUT2D eigenvalue weighted by atomic mass is 10.1. The number of hydrogen-bond acceptors (Lipinski definition) is 4. The van der Waals surface area contributed by atoms with Gasteiger partial charge >= 0.3 is 0 Å². The Hall–Kier alpha value is -3.02. The SMILES string of the molecule is CC(C)Oc1ccc(C(C)NC(=O)CNC(=O)COc2ccccc2)cc1. The Bertz CT molecular complexity index is 730. The highest BCUT2D eigenvalue weighted by molar-refractivity contribution is 5.85. The fourth-order valence-electron chi connectivity index (χ4n) is 2.38. The number of ether oxygens (including phenoxy) is 2. The molecule has 0 saturated carbocycles. The number of nitrogens with one attached hydrogen (secondary N) is 2. The van der Waals surface area contributed by atoms with Crippen molar-refractivity contribution in [1.82, 2.24) is 10.6 Å². The van der Waals surface area contributed by atoms with Gasteiger partial charge in [-0.1, -0.05) is 30.3 Å². The molecule has 2 amide bonds. The summed E-state index contributed by atoms with van der Waals surface area (Å²) in [5, 5.41) is 5.39. The Labute approximate surface area is 159 Å². The number of carbonyl (C=O) groups is 2. The summed E-state index contributed by atoms with van der Waals surface area (Å²) >= 11 is 0. The summed E-state index contributed by atoms with van der Waals surface area (Å²) in [7, 11) is 0. The average Bonchev–Trinajstić information content (AvgIpc) is 2.65. The van der Waals surface area contributed by atoms with Crippen LogP contribution in [0, 0.1) is 0 Å². The van der Waals surface area contributed by atoms with E-state index in [0.29, 0.717) is 5.75 Å². The zero-order valence-corrected chi connectivity index (χ0v) is 15.9. The first-order valence-electron chi connectivity index (χ1n) is 8.94. The molecule has 0 saturated heterocycles. The molecule has 0 aliphatic rings. The van der Waals surface area contributed by atoms with E-state index >= 15 is 0 Å². The summed E-state index contributed by atoms with van der Waals surface area (Å²) < 4.78 is 10.9. The normalized spacial score (nSPS) is 11.6. The maximum atomic E-state index is 12.0. The molecule has 6 nitrogen and oxygen atoms in total. The second kappa shape index (κ2) is 10.2. The van der Waals surface area contributed by atoms with Crippen molar-refractivity contribution in [1.29, 1.82) is 0 Å². The zero-order valence-electron chi connectivity index (χ0n) is 15.9. The van der Waals surface area contributed by atoms with Crippen molar-refractivity contribution in [3.63, 3.8) is 0 Å². The minimum absolute atomic E-state index is 0.101. The Morgan fingerprint density at radius 3 is 2.19 bits per heavy atom. The van der Waals surface area contributed by atoms with Crippen LogP contribution in [0.1, 0.15) is 32.4 Å². The van der Waals surface area contributed by atoms with Gasteiger partial charge in [0.15, 0.2) is 6.61 Å². The molecule has 144 valence electrons. The molecular weight excluding hydrogens is 344 g/mol. The van der Waals surface area contributed by atoms with Crippen molar-refractivity contribution in [2.45, 2.75) is 32.9 Å². The second-order valence-electron chi connectivity index (χ2n) is 6.40. The predicted octanol–water partition coefficient (Wildman–Crippen LogP) is 2.85. The fraction of sp³-hybridized carbons (Fsp3) is 0.333. The van der Waals surface area contributed by atoms with Crippen LogP contribution in [0.25, 0.3) is 0 Å². The maximum absolute atomic E-state index is 12.0. The van der Waals surface area contributed by atoms with Gasteiger partial charge in [-0.15, -0.1) is 0 Å². The fourth-order valence-corrected chi connectivity index (χ4v) is 2.38. The molecule has 2 N–H and O–H groups in total. The molecule has 1 atom stereocenters. The molecule has 0 aromatic heterocycles. The predicted molar refractivity (Wildman–Crippen MR) is 104 cm³/mol. The Morgan fingerprint density at radius 2 is 1.56 bits per heavy atom. The average molecular weight is 370 g/mol. The summed E-state index contributed by atoms with van der Waals surface area (Å²) in [6.07, 6.45) is 0.113. The van der Waals surface area contributed by atoms with Crippen LogP contribution in [0.5, 0.6) is 11.5 Å². The van der Waals surface area contributed by atoms with E-state index in [4.69, 9.17) is 9.47 Å². The van der Waals surface area contributed by atoms with Crippen LogP contribution < -0.4 is 20.1 Å². The summed E-state index contributed by atoms with van der Waals surface area (Å²) in [6.45, 7) is 5.59. The Balaban J connectivity index is 1.72. The summed E-state index contributed by atoms with van der Waals surface area (Å²) in [4.78, 5) is 23.8. The largest absolute Gasteiger partial charge is 0.491 e. The van der Waals surface area contributed by atoms with Crippen molar-refractivity contribution in [2.24, 2.45) is 0 Å². The third-order valence-electron chi connectivity index (χ3n) is 3.69. The molecule has 0 aliphatic carbocycles. The standard InChI is InChI=1S/C21H26N2O4/c1-15(2)27-19-11-9-17(10-12-19)16(3)23-20(24)13-22-21(25)14-26-18-7-5-4-6-8-18/h4-12,15-16H,13-14H2,1-3H3,(H,22,25)(H,23,24). The first-order valence-corrected chi connectivity index (χ1v) is 8.94. The summed E-state index contributed by atoms with van der Waals surface area (Å²) in [6, 6.07) is 16.4. The van der Waals surface area contributed by atoms with Crippen molar-refractivity contribution < 1.29 is 19.1 Å². The van der Waals surface area contributed by atoms with E-state index in [9.17, 15) is 9.59 Å². The van der Waals surface area contributed by atoms with Crippen LogP contribution in [0.2, 0.25) is 0 Å². The van der Waals surface area contributed by atoms with Gasteiger partial charge in [0.2, 0.25) is 5.91 Å². The minimum atomic E-state index is -0.350. The van der Waals surface area contributed by atoms with Crippen molar-refractivity contribution >= 4 is 11.8 Å². The minimum Gasteiger partial charge on any atom is -0.491 e. The number of para-hydroxylation sites is 1. The Morgan fingerprint density at radius 1 is 0.889 bits per heavy atom. The molecule has 2 aromatic rings. The molecular formula is C21H26N2O4. The molecule has 0 spiro atoms. The van der Waals surface area contributed by atoms with Crippen LogP contribution in [0.3, 0.4) is 0 Å². The molecule has 0 heterocycles. The van der Waals surface area contributed by atoms with Crippen LogP contribution in [0.15, 0.2) is 54.6 Å². The molecule has 0 radical (unpaired) electrons. The molecule has 6 heteroatoms. The highest BCUT2D eigenvalue weighted by Crippen LogP contribution is 2.18. The summed E-state index contributed by atoms with van der Waals surface area (Å²) in [5.74, 6) is 0.781. The molecule has 2 aromatic carbocycles. The van der Waals surface area contributed by atoms with Gasteiger partial charge in [-0.25, -0.2) is 0 Å². The molecule has 27 heavy (non-hydrogen) atoms.